The molecular formula is C21H31N3O7. The van der Waals surface area contributed by atoms with E-state index in [-0.39, 0.29) is 17.7 Å². The number of nitro groups is 1. The minimum Gasteiger partial charge on any atom is -0.494 e. The van der Waals surface area contributed by atoms with Crippen LogP contribution in [-0.2, 0) is 14.3 Å². The summed E-state index contributed by atoms with van der Waals surface area (Å²) in [6, 6.07) is 3.57. The van der Waals surface area contributed by atoms with Crippen LogP contribution in [0.25, 0.3) is 0 Å². The van der Waals surface area contributed by atoms with Gasteiger partial charge in [0.05, 0.1) is 30.3 Å². The van der Waals surface area contributed by atoms with Crippen LogP contribution >= 0.6 is 0 Å². The third-order valence-electron chi connectivity index (χ3n) is 4.74. The molecule has 10 nitrogen and oxygen atoms in total. The first-order chi connectivity index (χ1) is 14.4. The highest BCUT2D eigenvalue weighted by Crippen LogP contribution is 2.34. The number of amides is 1. The number of alkyl carbamates (subject to hydrolysis) is 1. The number of anilines is 1. The minimum absolute atomic E-state index is 0.0595. The summed E-state index contributed by atoms with van der Waals surface area (Å²) < 4.78 is 16.2. The van der Waals surface area contributed by atoms with Gasteiger partial charge in [-0.05, 0) is 32.8 Å². The predicted octanol–water partition coefficient (Wildman–Crippen LogP) is 3.27. The maximum Gasteiger partial charge on any atom is 0.408 e. The first-order valence-electron chi connectivity index (χ1n) is 10.2. The molecule has 0 bridgehead atoms. The number of carbonyl (C=O) groups excluding carboxylic acids is 2. The quantitative estimate of drug-likeness (QED) is 0.392. The monoisotopic (exact) mass is 437 g/mol. The van der Waals surface area contributed by atoms with Crippen molar-refractivity contribution < 1.29 is 28.7 Å². The fourth-order valence-corrected chi connectivity index (χ4v) is 3.25. The summed E-state index contributed by atoms with van der Waals surface area (Å²) in [5, 5.41) is 13.6. The van der Waals surface area contributed by atoms with Crippen LogP contribution in [0.2, 0.25) is 0 Å². The van der Waals surface area contributed by atoms with Gasteiger partial charge >= 0.3 is 12.1 Å². The molecule has 2 rings (SSSR count). The van der Waals surface area contributed by atoms with E-state index in [1.807, 2.05) is 18.7 Å². The van der Waals surface area contributed by atoms with Crippen molar-refractivity contribution in [2.45, 2.75) is 58.8 Å². The van der Waals surface area contributed by atoms with Crippen LogP contribution in [0.15, 0.2) is 18.2 Å². The molecule has 1 N–H and O–H groups in total. The summed E-state index contributed by atoms with van der Waals surface area (Å²) in [7, 11) is 1.45. The highest BCUT2D eigenvalue weighted by molar-refractivity contribution is 5.82. The third kappa shape index (κ3) is 6.73. The number of hydrogen-bond acceptors (Lipinski definition) is 8. The molecule has 1 amide bonds. The molecule has 1 aromatic carbocycles. The Morgan fingerprint density at radius 3 is 2.52 bits per heavy atom. The largest absolute Gasteiger partial charge is 0.494 e. The van der Waals surface area contributed by atoms with Crippen molar-refractivity contribution in [3.8, 4) is 5.75 Å². The van der Waals surface area contributed by atoms with Crippen molar-refractivity contribution in [1.29, 1.82) is 0 Å². The number of nitrogens with zero attached hydrogens (tertiary/aromatic N) is 2. The van der Waals surface area contributed by atoms with Gasteiger partial charge in [-0.2, -0.15) is 0 Å². The van der Waals surface area contributed by atoms with Gasteiger partial charge in [-0.3, -0.25) is 10.1 Å². The van der Waals surface area contributed by atoms with E-state index in [1.165, 1.54) is 19.2 Å². The Morgan fingerprint density at radius 1 is 1.29 bits per heavy atom. The molecule has 2 unspecified atom stereocenters. The van der Waals surface area contributed by atoms with Crippen LogP contribution in [0, 0.1) is 16.0 Å². The summed E-state index contributed by atoms with van der Waals surface area (Å²) >= 11 is 0. The number of nitrogens with one attached hydrogen (secondary N) is 1. The Balaban J connectivity index is 2.02. The number of carbonyl (C=O) groups is 2. The average Bonchev–Trinajstić information content (AvgIpc) is 3.11. The maximum atomic E-state index is 12.7. The first kappa shape index (κ1) is 24.2. The van der Waals surface area contributed by atoms with E-state index in [2.05, 4.69) is 5.32 Å². The summed E-state index contributed by atoms with van der Waals surface area (Å²) in [6.07, 6.45) is -0.468. The molecule has 1 aromatic rings. The van der Waals surface area contributed by atoms with Gasteiger partial charge < -0.3 is 24.4 Å². The molecule has 172 valence electrons. The number of hydrogen-bond donors (Lipinski definition) is 1. The zero-order valence-corrected chi connectivity index (χ0v) is 18.8. The molecule has 1 fully saturated rings. The molecule has 0 saturated carbocycles. The number of esters is 1. The normalized spacial score (nSPS) is 17.3. The van der Waals surface area contributed by atoms with Crippen molar-refractivity contribution in [3.05, 3.63) is 28.3 Å². The number of rotatable bonds is 7. The molecular weight excluding hydrogens is 406 g/mol. The standard InChI is InChI=1S/C21H31N3O7/c1-13(2)18(22-20(26)31-21(3,4)5)19(25)30-15-9-10-23(12-15)16-8-7-14(24(27)28)11-17(16)29-6/h7-8,11,13,15,18H,9-10,12H2,1-6H3,(H,22,26). The van der Waals surface area contributed by atoms with Crippen molar-refractivity contribution in [2.75, 3.05) is 25.1 Å². The molecule has 1 aliphatic rings. The lowest BCUT2D eigenvalue weighted by atomic mass is 10.0. The van der Waals surface area contributed by atoms with E-state index in [1.54, 1.807) is 26.8 Å². The first-order valence-corrected chi connectivity index (χ1v) is 10.2. The number of non-ortho nitro benzene ring substituents is 1. The van der Waals surface area contributed by atoms with Crippen LogP contribution in [0.1, 0.15) is 41.0 Å². The van der Waals surface area contributed by atoms with Crippen LogP contribution in [0.5, 0.6) is 5.75 Å². The van der Waals surface area contributed by atoms with E-state index < -0.39 is 28.6 Å². The molecule has 0 radical (unpaired) electrons. The van der Waals surface area contributed by atoms with Crippen molar-refractivity contribution in [1.82, 2.24) is 5.32 Å². The van der Waals surface area contributed by atoms with Gasteiger partial charge in [0.15, 0.2) is 0 Å². The highest BCUT2D eigenvalue weighted by atomic mass is 16.6. The highest BCUT2D eigenvalue weighted by Gasteiger charge is 2.33. The van der Waals surface area contributed by atoms with E-state index in [4.69, 9.17) is 14.2 Å². The fourth-order valence-electron chi connectivity index (χ4n) is 3.25. The summed E-state index contributed by atoms with van der Waals surface area (Å²) in [4.78, 5) is 37.3. The number of methoxy groups -OCH3 is 1. The van der Waals surface area contributed by atoms with Crippen molar-refractivity contribution >= 4 is 23.4 Å². The Bertz CT molecular complexity index is 820. The van der Waals surface area contributed by atoms with Crippen molar-refractivity contribution in [3.63, 3.8) is 0 Å². The van der Waals surface area contributed by atoms with Crippen LogP contribution in [-0.4, -0.2) is 54.9 Å². The van der Waals surface area contributed by atoms with E-state index in [0.29, 0.717) is 30.9 Å². The second-order valence-corrected chi connectivity index (χ2v) is 8.77. The van der Waals surface area contributed by atoms with Crippen LogP contribution < -0.4 is 15.0 Å². The van der Waals surface area contributed by atoms with Gasteiger partial charge in [0, 0.05) is 19.0 Å². The Kier molecular flexibility index (Phi) is 7.70. The molecule has 2 atom stereocenters. The molecule has 0 spiro atoms. The van der Waals surface area contributed by atoms with Crippen LogP contribution in [0.3, 0.4) is 0 Å². The lowest BCUT2D eigenvalue weighted by Gasteiger charge is -2.26. The van der Waals surface area contributed by atoms with Crippen LogP contribution in [0.4, 0.5) is 16.2 Å². The summed E-state index contributed by atoms with van der Waals surface area (Å²) in [5.41, 5.74) is -0.0413. The Labute approximate surface area is 182 Å². The minimum atomic E-state index is -0.835. The van der Waals surface area contributed by atoms with Gasteiger partial charge in [0.1, 0.15) is 23.5 Å². The molecule has 10 heteroatoms. The lowest BCUT2D eigenvalue weighted by molar-refractivity contribution is -0.384. The maximum absolute atomic E-state index is 12.7. The van der Waals surface area contributed by atoms with Gasteiger partial charge in [-0.25, -0.2) is 9.59 Å². The lowest BCUT2D eigenvalue weighted by Crippen LogP contribution is -2.48. The van der Waals surface area contributed by atoms with Gasteiger partial charge in [-0.15, -0.1) is 0 Å². The molecule has 0 aromatic heterocycles. The second kappa shape index (κ2) is 9.84. The smallest absolute Gasteiger partial charge is 0.408 e. The number of ether oxygens (including phenoxy) is 3. The zero-order valence-electron chi connectivity index (χ0n) is 18.8. The zero-order chi connectivity index (χ0) is 23.3. The van der Waals surface area contributed by atoms with E-state index in [9.17, 15) is 19.7 Å². The molecule has 31 heavy (non-hydrogen) atoms. The third-order valence-corrected chi connectivity index (χ3v) is 4.74. The number of nitro benzene ring substituents is 1. The van der Waals surface area contributed by atoms with Gasteiger partial charge in [0.2, 0.25) is 0 Å². The van der Waals surface area contributed by atoms with Gasteiger partial charge in [-0.1, -0.05) is 13.8 Å². The SMILES string of the molecule is COc1cc([N+](=O)[O-])ccc1N1CCC(OC(=O)C(NC(=O)OC(C)(C)C)C(C)C)C1. The molecule has 1 saturated heterocycles. The predicted molar refractivity (Wildman–Crippen MR) is 114 cm³/mol. The Hall–Kier alpha value is -3.04. The fraction of sp³-hybridized carbons (Fsp3) is 0.619. The number of benzene rings is 1. The van der Waals surface area contributed by atoms with Crippen molar-refractivity contribution in [2.24, 2.45) is 5.92 Å². The molecule has 1 aliphatic heterocycles. The average molecular weight is 437 g/mol. The van der Waals surface area contributed by atoms with E-state index >= 15 is 0 Å². The molecule has 0 aliphatic carbocycles. The van der Waals surface area contributed by atoms with Gasteiger partial charge in [0.25, 0.3) is 5.69 Å². The summed E-state index contributed by atoms with van der Waals surface area (Å²) in [5.74, 6) is -0.330. The summed E-state index contributed by atoms with van der Waals surface area (Å²) in [6.45, 7) is 9.87. The topological polar surface area (TPSA) is 120 Å². The van der Waals surface area contributed by atoms with E-state index in [0.717, 1.165) is 0 Å². The second-order valence-electron chi connectivity index (χ2n) is 8.77. The molecule has 1 heterocycles. The Morgan fingerprint density at radius 2 is 1.97 bits per heavy atom.